The third-order valence-corrected chi connectivity index (χ3v) is 4.69. The van der Waals surface area contributed by atoms with Gasteiger partial charge in [-0.1, -0.05) is 35.9 Å². The fourth-order valence-electron chi connectivity index (χ4n) is 3.03. The summed E-state index contributed by atoms with van der Waals surface area (Å²) in [4.78, 5) is 18.1. The number of nitrogens with zero attached hydrogens (tertiary/aromatic N) is 2. The molecule has 142 valence electrons. The summed E-state index contributed by atoms with van der Waals surface area (Å²) in [7, 11) is 1.57. The predicted octanol–water partition coefficient (Wildman–Crippen LogP) is 3.40. The average Bonchev–Trinajstić information content (AvgIpc) is 3.05. The number of anilines is 1. The maximum Gasteiger partial charge on any atom is 0.222 e. The lowest BCUT2D eigenvalue weighted by Gasteiger charge is -2.15. The van der Waals surface area contributed by atoms with Gasteiger partial charge in [-0.2, -0.15) is 0 Å². The van der Waals surface area contributed by atoms with E-state index >= 15 is 0 Å². The Morgan fingerprint density at radius 3 is 2.81 bits per heavy atom. The van der Waals surface area contributed by atoms with E-state index in [4.69, 9.17) is 22.1 Å². The summed E-state index contributed by atoms with van der Waals surface area (Å²) in [6, 6.07) is 13.4. The molecule has 0 spiro atoms. The van der Waals surface area contributed by atoms with Crippen LogP contribution >= 0.6 is 11.6 Å². The minimum absolute atomic E-state index is 0.227. The topological polar surface area (TPSA) is 80.0 Å². The molecular formula is C20H23ClN4O2. The summed E-state index contributed by atoms with van der Waals surface area (Å²) in [6.45, 7) is 1.93. The van der Waals surface area contributed by atoms with Gasteiger partial charge in [0.05, 0.1) is 18.7 Å². The van der Waals surface area contributed by atoms with Gasteiger partial charge < -0.3 is 20.7 Å². The zero-order chi connectivity index (χ0) is 19.2. The number of ether oxygens (including phenoxy) is 1. The van der Waals surface area contributed by atoms with E-state index in [2.05, 4.69) is 16.4 Å². The Bertz CT molecular complexity index is 854. The van der Waals surface area contributed by atoms with E-state index < -0.39 is 0 Å². The van der Waals surface area contributed by atoms with Crippen LogP contribution in [0.2, 0.25) is 5.02 Å². The number of hydrogen-bond donors (Lipinski definition) is 2. The number of nitrogens with one attached hydrogen (secondary N) is 1. The molecule has 0 aromatic heterocycles. The van der Waals surface area contributed by atoms with Gasteiger partial charge in [0.1, 0.15) is 5.75 Å². The molecule has 0 saturated carbocycles. The van der Waals surface area contributed by atoms with Crippen LogP contribution in [0.15, 0.2) is 47.5 Å². The molecule has 0 unspecified atom stereocenters. The van der Waals surface area contributed by atoms with Gasteiger partial charge in [-0.15, -0.1) is 0 Å². The van der Waals surface area contributed by atoms with Crippen LogP contribution in [0.1, 0.15) is 24.0 Å². The molecule has 3 rings (SSSR count). The van der Waals surface area contributed by atoms with Gasteiger partial charge in [-0.25, -0.2) is 4.99 Å². The van der Waals surface area contributed by atoms with Gasteiger partial charge in [0.2, 0.25) is 5.91 Å². The number of aliphatic imine (C=N–C) groups is 1. The van der Waals surface area contributed by atoms with Crippen LogP contribution in [0.5, 0.6) is 5.75 Å². The van der Waals surface area contributed by atoms with Crippen LogP contribution in [0.3, 0.4) is 0 Å². The number of methoxy groups -OCH3 is 1. The molecule has 27 heavy (non-hydrogen) atoms. The van der Waals surface area contributed by atoms with Crippen molar-refractivity contribution >= 4 is 29.2 Å². The van der Waals surface area contributed by atoms with Crippen LogP contribution in [0.4, 0.5) is 5.69 Å². The third-order valence-electron chi connectivity index (χ3n) is 4.39. The van der Waals surface area contributed by atoms with Crippen molar-refractivity contribution in [2.75, 3.05) is 19.0 Å². The van der Waals surface area contributed by atoms with E-state index in [0.29, 0.717) is 36.2 Å². The number of benzene rings is 2. The Kier molecular flexibility index (Phi) is 6.19. The highest BCUT2D eigenvalue weighted by Gasteiger charge is 2.19. The smallest absolute Gasteiger partial charge is 0.222 e. The standard InChI is InChI=1S/C20H23ClN4O2/c1-27-18-8-7-16(11-17(18)21)24-20(22)23-12-14-4-2-5-15(10-14)13-25-9-3-6-19(25)26/h2,4-5,7-8,10-11H,3,6,9,12-13H2,1H3,(H3,22,23,24). The highest BCUT2D eigenvalue weighted by Crippen LogP contribution is 2.27. The first-order chi connectivity index (χ1) is 13.0. The van der Waals surface area contributed by atoms with Gasteiger partial charge in [0, 0.05) is 25.2 Å². The van der Waals surface area contributed by atoms with Crippen LogP contribution in [-0.2, 0) is 17.9 Å². The van der Waals surface area contributed by atoms with Crippen molar-refractivity contribution in [1.29, 1.82) is 0 Å². The van der Waals surface area contributed by atoms with Gasteiger partial charge in [-0.3, -0.25) is 4.79 Å². The Morgan fingerprint density at radius 2 is 2.11 bits per heavy atom. The summed E-state index contributed by atoms with van der Waals surface area (Å²) in [5.74, 6) is 1.13. The number of guanidine groups is 1. The molecule has 1 heterocycles. The van der Waals surface area contributed by atoms with Crippen molar-refractivity contribution in [3.05, 3.63) is 58.6 Å². The lowest BCUT2D eigenvalue weighted by atomic mass is 10.1. The first kappa shape index (κ1) is 19.0. The van der Waals surface area contributed by atoms with Crippen molar-refractivity contribution in [3.63, 3.8) is 0 Å². The molecule has 0 atom stereocenters. The number of hydrogen-bond acceptors (Lipinski definition) is 3. The summed E-state index contributed by atoms with van der Waals surface area (Å²) in [5.41, 5.74) is 8.86. The maximum atomic E-state index is 11.8. The fourth-order valence-corrected chi connectivity index (χ4v) is 3.28. The number of rotatable bonds is 6. The number of carbonyl (C=O) groups is 1. The normalized spacial score (nSPS) is 14.5. The summed E-state index contributed by atoms with van der Waals surface area (Å²) >= 11 is 6.11. The SMILES string of the molecule is COc1ccc(NC(N)=NCc2cccc(CN3CCCC3=O)c2)cc1Cl. The summed E-state index contributed by atoms with van der Waals surface area (Å²) < 4.78 is 5.13. The van der Waals surface area contributed by atoms with Crippen molar-refractivity contribution in [3.8, 4) is 5.75 Å². The molecule has 0 aliphatic carbocycles. The van der Waals surface area contributed by atoms with Crippen LogP contribution in [0, 0.1) is 0 Å². The van der Waals surface area contributed by atoms with Crippen LogP contribution in [-0.4, -0.2) is 30.4 Å². The van der Waals surface area contributed by atoms with E-state index in [9.17, 15) is 4.79 Å². The van der Waals surface area contributed by atoms with Crippen molar-refractivity contribution in [2.24, 2.45) is 10.7 Å². The Balaban J connectivity index is 1.60. The van der Waals surface area contributed by atoms with E-state index in [1.807, 2.05) is 29.2 Å². The molecule has 1 fully saturated rings. The molecule has 7 heteroatoms. The Hall–Kier alpha value is -2.73. The van der Waals surface area contributed by atoms with Crippen LogP contribution < -0.4 is 15.8 Å². The maximum absolute atomic E-state index is 11.8. The average molecular weight is 387 g/mol. The minimum Gasteiger partial charge on any atom is -0.495 e. The quantitative estimate of drug-likeness (QED) is 0.589. The second-order valence-electron chi connectivity index (χ2n) is 6.41. The third kappa shape index (κ3) is 5.14. The molecule has 1 saturated heterocycles. The molecule has 2 aromatic rings. The number of amides is 1. The van der Waals surface area contributed by atoms with Gasteiger partial charge in [0.15, 0.2) is 5.96 Å². The minimum atomic E-state index is 0.227. The van der Waals surface area contributed by atoms with Crippen molar-refractivity contribution in [2.45, 2.75) is 25.9 Å². The van der Waals surface area contributed by atoms with E-state index in [1.54, 1.807) is 19.2 Å². The zero-order valence-electron chi connectivity index (χ0n) is 15.2. The second kappa shape index (κ2) is 8.77. The molecular weight excluding hydrogens is 364 g/mol. The summed E-state index contributed by atoms with van der Waals surface area (Å²) in [6.07, 6.45) is 1.60. The van der Waals surface area contributed by atoms with Crippen molar-refractivity contribution < 1.29 is 9.53 Å². The summed E-state index contributed by atoms with van der Waals surface area (Å²) in [5, 5.41) is 3.52. The highest BCUT2D eigenvalue weighted by atomic mass is 35.5. The molecule has 1 aliphatic rings. The number of nitrogens with two attached hydrogens (primary N) is 1. The zero-order valence-corrected chi connectivity index (χ0v) is 16.0. The largest absolute Gasteiger partial charge is 0.495 e. The molecule has 0 bridgehead atoms. The predicted molar refractivity (Wildman–Crippen MR) is 108 cm³/mol. The first-order valence-corrected chi connectivity index (χ1v) is 9.19. The molecule has 1 aliphatic heterocycles. The monoisotopic (exact) mass is 386 g/mol. The van der Waals surface area contributed by atoms with Crippen LogP contribution in [0.25, 0.3) is 0 Å². The van der Waals surface area contributed by atoms with Gasteiger partial charge >= 0.3 is 0 Å². The van der Waals surface area contributed by atoms with E-state index in [-0.39, 0.29) is 5.91 Å². The van der Waals surface area contributed by atoms with Crippen molar-refractivity contribution in [1.82, 2.24) is 4.90 Å². The highest BCUT2D eigenvalue weighted by molar-refractivity contribution is 6.32. The number of likely N-dealkylation sites (tertiary alicyclic amines) is 1. The van der Waals surface area contributed by atoms with Gasteiger partial charge in [-0.05, 0) is 35.7 Å². The second-order valence-corrected chi connectivity index (χ2v) is 6.82. The molecule has 3 N–H and O–H groups in total. The molecule has 2 aromatic carbocycles. The molecule has 1 amide bonds. The number of halogens is 1. The Labute approximate surface area is 164 Å². The lowest BCUT2D eigenvalue weighted by Crippen LogP contribution is -2.24. The first-order valence-electron chi connectivity index (χ1n) is 8.81. The molecule has 6 nitrogen and oxygen atoms in total. The van der Waals surface area contributed by atoms with E-state index in [1.165, 1.54) is 0 Å². The van der Waals surface area contributed by atoms with E-state index in [0.717, 1.165) is 29.8 Å². The number of carbonyl (C=O) groups excluding carboxylic acids is 1. The Morgan fingerprint density at radius 1 is 1.30 bits per heavy atom. The lowest BCUT2D eigenvalue weighted by molar-refractivity contribution is -0.128. The van der Waals surface area contributed by atoms with Gasteiger partial charge in [0.25, 0.3) is 0 Å². The molecule has 0 radical (unpaired) electrons. The fraction of sp³-hybridized carbons (Fsp3) is 0.300.